The molecule has 0 saturated carbocycles. The second-order valence-electron chi connectivity index (χ2n) is 24.9. The Morgan fingerprint density at radius 1 is 0.364 bits per heavy atom. The van der Waals surface area contributed by atoms with Crippen LogP contribution in [0, 0.1) is 0 Å². The molecule has 9 nitrogen and oxygen atoms in total. The highest BCUT2D eigenvalue weighted by atomic mass is 31.2. The van der Waals surface area contributed by atoms with Gasteiger partial charge in [0.25, 0.3) is 7.82 Å². The van der Waals surface area contributed by atoms with Crippen molar-refractivity contribution in [3.8, 4) is 0 Å². The molecule has 0 aliphatic carbocycles. The minimum atomic E-state index is -4.65. The van der Waals surface area contributed by atoms with E-state index in [4.69, 9.17) is 18.5 Å². The number of phosphoric ester groups is 1. The minimum absolute atomic E-state index is 0.0364. The molecule has 2 atom stereocenters. The Balaban J connectivity index is 4.06. The van der Waals surface area contributed by atoms with Crippen LogP contribution in [0.4, 0.5) is 0 Å². The Morgan fingerprint density at radius 2 is 0.648 bits per heavy atom. The lowest BCUT2D eigenvalue weighted by atomic mass is 10.0. The van der Waals surface area contributed by atoms with Crippen molar-refractivity contribution in [2.24, 2.45) is 0 Å². The van der Waals surface area contributed by atoms with E-state index in [0.29, 0.717) is 17.4 Å². The molecule has 88 heavy (non-hydrogen) atoms. The zero-order valence-electron chi connectivity index (χ0n) is 57.4. The summed E-state index contributed by atoms with van der Waals surface area (Å²) in [4.78, 5) is 38.1. The van der Waals surface area contributed by atoms with Crippen molar-refractivity contribution in [1.29, 1.82) is 0 Å². The van der Waals surface area contributed by atoms with Gasteiger partial charge in [0.15, 0.2) is 6.10 Å². The lowest BCUT2D eigenvalue weighted by Crippen LogP contribution is -2.37. The van der Waals surface area contributed by atoms with Crippen LogP contribution in [0.25, 0.3) is 0 Å². The summed E-state index contributed by atoms with van der Waals surface area (Å²) in [5.74, 6) is -0.837. The fraction of sp³-hybridized carbons (Fsp3) is 0.692. The fourth-order valence-corrected chi connectivity index (χ4v) is 10.4. The molecule has 504 valence electrons. The van der Waals surface area contributed by atoms with Crippen LogP contribution in [0.3, 0.4) is 0 Å². The highest BCUT2D eigenvalue weighted by molar-refractivity contribution is 7.45. The number of allylic oxidation sites excluding steroid dienone is 22. The van der Waals surface area contributed by atoms with Crippen LogP contribution in [0.15, 0.2) is 134 Å². The number of nitrogens with zero attached hydrogens (tertiary/aromatic N) is 1. The van der Waals surface area contributed by atoms with Gasteiger partial charge in [-0.1, -0.05) is 302 Å². The van der Waals surface area contributed by atoms with E-state index in [9.17, 15) is 19.0 Å². The maximum Gasteiger partial charge on any atom is 0.306 e. The van der Waals surface area contributed by atoms with Crippen LogP contribution in [-0.2, 0) is 32.7 Å². The van der Waals surface area contributed by atoms with Crippen molar-refractivity contribution in [2.45, 2.75) is 302 Å². The first kappa shape index (κ1) is 84.2. The number of hydrogen-bond donors (Lipinski definition) is 0. The van der Waals surface area contributed by atoms with Crippen LogP contribution < -0.4 is 4.89 Å². The maximum absolute atomic E-state index is 12.9. The normalized spacial score (nSPS) is 13.9. The van der Waals surface area contributed by atoms with Crippen molar-refractivity contribution < 1.29 is 42.1 Å². The molecule has 0 aromatic rings. The molecule has 0 fully saturated rings. The van der Waals surface area contributed by atoms with Crippen LogP contribution in [0.2, 0.25) is 0 Å². The van der Waals surface area contributed by atoms with Gasteiger partial charge in [-0.25, -0.2) is 0 Å². The number of unbranched alkanes of at least 4 members (excludes halogenated alkanes) is 29. The Bertz CT molecular complexity index is 1950. The molecule has 0 radical (unpaired) electrons. The predicted molar refractivity (Wildman–Crippen MR) is 378 cm³/mol. The molecule has 0 saturated heterocycles. The van der Waals surface area contributed by atoms with Crippen molar-refractivity contribution in [2.75, 3.05) is 47.5 Å². The van der Waals surface area contributed by atoms with Crippen molar-refractivity contribution in [3.63, 3.8) is 0 Å². The first-order chi connectivity index (χ1) is 43.0. The summed E-state index contributed by atoms with van der Waals surface area (Å²) in [5, 5.41) is 0. The van der Waals surface area contributed by atoms with Crippen LogP contribution in [-0.4, -0.2) is 70.0 Å². The zero-order valence-corrected chi connectivity index (χ0v) is 58.3. The van der Waals surface area contributed by atoms with E-state index >= 15 is 0 Å². The first-order valence-electron chi connectivity index (χ1n) is 35.9. The molecule has 0 spiro atoms. The fourth-order valence-electron chi connectivity index (χ4n) is 9.68. The van der Waals surface area contributed by atoms with E-state index in [0.717, 1.165) is 116 Å². The number of esters is 2. The Kier molecular flexibility index (Phi) is 64.6. The summed E-state index contributed by atoms with van der Waals surface area (Å²) in [7, 11) is 1.16. The average Bonchev–Trinajstić information content (AvgIpc) is 3.68. The van der Waals surface area contributed by atoms with Gasteiger partial charge in [0, 0.05) is 12.8 Å². The number of ether oxygens (including phenoxy) is 2. The van der Waals surface area contributed by atoms with E-state index in [2.05, 4.69) is 148 Å². The molecule has 0 N–H and O–H groups in total. The number of phosphoric acid groups is 1. The van der Waals surface area contributed by atoms with E-state index in [1.807, 2.05) is 21.1 Å². The van der Waals surface area contributed by atoms with Crippen LogP contribution in [0.1, 0.15) is 296 Å². The molecular formula is C78H134NO8P. The third kappa shape index (κ3) is 71.2. The molecule has 2 unspecified atom stereocenters. The number of quaternary nitrogens is 1. The van der Waals surface area contributed by atoms with Gasteiger partial charge in [0.05, 0.1) is 27.7 Å². The minimum Gasteiger partial charge on any atom is -0.756 e. The third-order valence-electron chi connectivity index (χ3n) is 15.2. The standard InChI is InChI=1S/C78H134NO8P/c1-6-8-10-12-14-16-18-20-22-24-26-28-30-32-33-34-35-36-37-38-39-40-41-42-43-44-45-47-49-51-53-55-57-59-61-63-65-67-69-71-78(81)87-76(75-86-88(82,83)85-73-72-79(3,4)5)74-84-77(80)70-68-66-64-62-60-58-56-54-52-50-48-46-31-29-27-25-23-21-19-17-15-13-11-9-7-2/h8,10,14,16,19-22,25-28,31-33,35-36,38-39,41-42,46,76H,6-7,9,11-13,15,17-18,23-24,29-30,34,37,40,43-45,47-75H2,1-5H3/b10-8-,16-14-,21-19-,22-20-,27-25-,28-26-,33-32-,36-35-,39-38-,42-41-,46-31-. The van der Waals surface area contributed by atoms with Gasteiger partial charge >= 0.3 is 11.9 Å². The van der Waals surface area contributed by atoms with Gasteiger partial charge in [0.1, 0.15) is 19.8 Å². The maximum atomic E-state index is 12.9. The number of rotatable bonds is 65. The Hall–Kier alpha value is -3.85. The third-order valence-corrected chi connectivity index (χ3v) is 16.1. The van der Waals surface area contributed by atoms with Crippen LogP contribution >= 0.6 is 7.82 Å². The molecule has 0 heterocycles. The van der Waals surface area contributed by atoms with Gasteiger partial charge in [-0.3, -0.25) is 14.2 Å². The predicted octanol–water partition coefficient (Wildman–Crippen LogP) is 23.0. The molecule has 0 aromatic heterocycles. The molecule has 0 aliphatic heterocycles. The van der Waals surface area contributed by atoms with E-state index in [1.165, 1.54) is 148 Å². The Labute approximate surface area is 542 Å². The summed E-state index contributed by atoms with van der Waals surface area (Å²) < 4.78 is 34.3. The second kappa shape index (κ2) is 67.5. The summed E-state index contributed by atoms with van der Waals surface area (Å²) in [6.07, 6.45) is 98.1. The molecule has 0 aromatic carbocycles. The first-order valence-corrected chi connectivity index (χ1v) is 37.4. The molecule has 0 rings (SSSR count). The van der Waals surface area contributed by atoms with E-state index < -0.39 is 26.5 Å². The number of likely N-dealkylation sites (N-methyl/N-ethyl adjacent to an activating group) is 1. The number of carbonyl (C=O) groups is 2. The molecule has 0 aliphatic rings. The quantitative estimate of drug-likeness (QED) is 0.0195. The van der Waals surface area contributed by atoms with Gasteiger partial charge in [0.2, 0.25) is 0 Å². The zero-order chi connectivity index (χ0) is 64.1. The van der Waals surface area contributed by atoms with Gasteiger partial charge < -0.3 is 27.9 Å². The van der Waals surface area contributed by atoms with Gasteiger partial charge in [-0.05, 0) is 116 Å². The smallest absolute Gasteiger partial charge is 0.306 e. The monoisotopic (exact) mass is 1240 g/mol. The summed E-state index contributed by atoms with van der Waals surface area (Å²) in [5.41, 5.74) is 0. The lowest BCUT2D eigenvalue weighted by Gasteiger charge is -2.28. The highest BCUT2D eigenvalue weighted by Gasteiger charge is 2.22. The SMILES string of the molecule is CC/C=C\C/C=C\C/C=C\C/C=C\C/C=C\C/C=C\C/C=C\C/C=C\CCCCCCCCCCCCCCCCC(=O)OC(COC(=O)CCCCCCCCCCCC/C=C\C/C=C\C/C=C\CCCCCCC)COP(=O)([O-])OCC[N+](C)(C)C. The number of carbonyl (C=O) groups excluding carboxylic acids is 2. The molecular weight excluding hydrogens is 1110 g/mol. The molecule has 10 heteroatoms. The largest absolute Gasteiger partial charge is 0.756 e. The van der Waals surface area contributed by atoms with Crippen molar-refractivity contribution in [3.05, 3.63) is 134 Å². The van der Waals surface area contributed by atoms with E-state index in [-0.39, 0.29) is 32.0 Å². The topological polar surface area (TPSA) is 111 Å². The van der Waals surface area contributed by atoms with Crippen LogP contribution in [0.5, 0.6) is 0 Å². The number of hydrogen-bond acceptors (Lipinski definition) is 8. The van der Waals surface area contributed by atoms with Gasteiger partial charge in [-0.15, -0.1) is 0 Å². The van der Waals surface area contributed by atoms with Crippen molar-refractivity contribution >= 4 is 19.8 Å². The second-order valence-corrected chi connectivity index (χ2v) is 26.3. The lowest BCUT2D eigenvalue weighted by molar-refractivity contribution is -0.870. The van der Waals surface area contributed by atoms with E-state index in [1.54, 1.807) is 0 Å². The highest BCUT2D eigenvalue weighted by Crippen LogP contribution is 2.38. The summed E-state index contributed by atoms with van der Waals surface area (Å²) in [6, 6.07) is 0. The summed E-state index contributed by atoms with van der Waals surface area (Å²) >= 11 is 0. The Morgan fingerprint density at radius 3 is 0.966 bits per heavy atom. The van der Waals surface area contributed by atoms with Gasteiger partial charge in [-0.2, -0.15) is 0 Å². The molecule has 0 amide bonds. The summed E-state index contributed by atoms with van der Waals surface area (Å²) in [6.45, 7) is 4.12. The molecule has 0 bridgehead atoms. The average molecular weight is 1240 g/mol. The van der Waals surface area contributed by atoms with Crippen molar-refractivity contribution in [1.82, 2.24) is 0 Å².